The Morgan fingerprint density at radius 2 is 2.08 bits per heavy atom. The maximum Gasteiger partial charge on any atom is 0.219 e. The molecule has 1 atom stereocenters. The lowest BCUT2D eigenvalue weighted by molar-refractivity contribution is -0.133. The van der Waals surface area contributed by atoms with Crippen molar-refractivity contribution >= 4 is 11.7 Å². The summed E-state index contributed by atoms with van der Waals surface area (Å²) in [6.07, 6.45) is 5.47. The van der Waals surface area contributed by atoms with Crippen molar-refractivity contribution in [3.63, 3.8) is 0 Å². The molecule has 1 amide bonds. The van der Waals surface area contributed by atoms with Crippen LogP contribution >= 0.6 is 0 Å². The topological polar surface area (TPSA) is 59.9 Å². The van der Waals surface area contributed by atoms with E-state index in [1.165, 1.54) is 5.56 Å². The molecule has 3 rings (SSSR count). The van der Waals surface area contributed by atoms with E-state index in [1.807, 2.05) is 30.1 Å². The quantitative estimate of drug-likeness (QED) is 0.898. The Bertz CT molecular complexity index is 611. The molecule has 2 aliphatic heterocycles. The Hall–Kier alpha value is -1.66. The van der Waals surface area contributed by atoms with E-state index in [0.29, 0.717) is 38.5 Å². The van der Waals surface area contributed by atoms with Crippen LogP contribution in [0.15, 0.2) is 18.3 Å². The Morgan fingerprint density at radius 3 is 2.72 bits per heavy atom. The minimum Gasteiger partial charge on any atom is -0.388 e. The van der Waals surface area contributed by atoms with Crippen molar-refractivity contribution in [3.8, 4) is 0 Å². The summed E-state index contributed by atoms with van der Waals surface area (Å²) in [5.74, 6) is 1.08. The Labute approximate surface area is 150 Å². The second-order valence-corrected chi connectivity index (χ2v) is 7.70. The molecule has 2 fully saturated rings. The van der Waals surface area contributed by atoms with E-state index in [4.69, 9.17) is 0 Å². The number of rotatable bonds is 4. The Morgan fingerprint density at radius 1 is 1.36 bits per heavy atom. The van der Waals surface area contributed by atoms with Crippen molar-refractivity contribution in [2.45, 2.75) is 44.2 Å². The number of anilines is 1. The van der Waals surface area contributed by atoms with E-state index in [9.17, 15) is 9.90 Å². The van der Waals surface area contributed by atoms with Crippen LogP contribution in [-0.4, -0.2) is 71.7 Å². The number of piperidine rings is 1. The summed E-state index contributed by atoms with van der Waals surface area (Å²) in [5, 5.41) is 11.0. The van der Waals surface area contributed by atoms with Gasteiger partial charge in [0.05, 0.1) is 5.60 Å². The lowest BCUT2D eigenvalue weighted by atomic mass is 9.90. The summed E-state index contributed by atoms with van der Waals surface area (Å²) in [5.41, 5.74) is 0.590. The molecule has 1 unspecified atom stereocenters. The van der Waals surface area contributed by atoms with Crippen molar-refractivity contribution < 1.29 is 9.90 Å². The third-order valence-electron chi connectivity index (χ3n) is 5.61. The smallest absolute Gasteiger partial charge is 0.219 e. The zero-order chi connectivity index (χ0) is 18.0. The molecule has 0 bridgehead atoms. The largest absolute Gasteiger partial charge is 0.388 e. The van der Waals surface area contributed by atoms with Gasteiger partial charge in [0.1, 0.15) is 5.82 Å². The third-order valence-corrected chi connectivity index (χ3v) is 5.61. The van der Waals surface area contributed by atoms with E-state index in [2.05, 4.69) is 22.0 Å². The number of likely N-dealkylation sites (tertiary alicyclic amines) is 2. The first kappa shape index (κ1) is 18.1. The van der Waals surface area contributed by atoms with Gasteiger partial charge in [-0.25, -0.2) is 4.98 Å². The molecule has 1 aromatic heterocycles. The second-order valence-electron chi connectivity index (χ2n) is 7.70. The zero-order valence-electron chi connectivity index (χ0n) is 15.6. The van der Waals surface area contributed by atoms with Crippen molar-refractivity contribution in [1.29, 1.82) is 0 Å². The van der Waals surface area contributed by atoms with Crippen molar-refractivity contribution in [1.82, 2.24) is 14.8 Å². The van der Waals surface area contributed by atoms with Crippen molar-refractivity contribution in [2.24, 2.45) is 0 Å². The molecule has 0 aromatic carbocycles. The van der Waals surface area contributed by atoms with Crippen LogP contribution in [0.5, 0.6) is 0 Å². The van der Waals surface area contributed by atoms with Crippen molar-refractivity contribution in [3.05, 3.63) is 23.9 Å². The molecule has 3 heterocycles. The number of amides is 1. The molecule has 6 heteroatoms. The molecule has 25 heavy (non-hydrogen) atoms. The van der Waals surface area contributed by atoms with Crippen LogP contribution in [0.2, 0.25) is 0 Å². The predicted molar refractivity (Wildman–Crippen MR) is 98.5 cm³/mol. The van der Waals surface area contributed by atoms with Crippen molar-refractivity contribution in [2.75, 3.05) is 45.2 Å². The number of aliphatic hydroxyl groups is 1. The molecule has 0 saturated carbocycles. The number of pyridine rings is 1. The van der Waals surface area contributed by atoms with E-state index >= 15 is 0 Å². The molecule has 2 aliphatic rings. The SMILES string of the molecule is CC(=O)N1CCC(O)(CN2CCCC2c2ccnc(N(C)C)c2)CC1. The highest BCUT2D eigenvalue weighted by atomic mass is 16.3. The molecule has 2 saturated heterocycles. The third kappa shape index (κ3) is 4.12. The van der Waals surface area contributed by atoms with Gasteiger partial charge in [-0.1, -0.05) is 0 Å². The molecular weight excluding hydrogens is 316 g/mol. The number of hydrogen-bond donors (Lipinski definition) is 1. The lowest BCUT2D eigenvalue weighted by Crippen LogP contribution is -2.51. The van der Waals surface area contributed by atoms with Gasteiger partial charge in [0.2, 0.25) is 5.91 Å². The average Bonchev–Trinajstić information content (AvgIpc) is 3.02. The molecule has 0 spiro atoms. The number of carbonyl (C=O) groups is 1. The van der Waals surface area contributed by atoms with Gasteiger partial charge in [-0.2, -0.15) is 0 Å². The van der Waals surface area contributed by atoms with E-state index in [-0.39, 0.29) is 5.91 Å². The first-order valence-corrected chi connectivity index (χ1v) is 9.23. The number of hydrogen-bond acceptors (Lipinski definition) is 5. The van der Waals surface area contributed by atoms with Crippen LogP contribution < -0.4 is 4.90 Å². The molecule has 1 aromatic rings. The summed E-state index contributed by atoms with van der Waals surface area (Å²) >= 11 is 0. The molecule has 1 N–H and O–H groups in total. The summed E-state index contributed by atoms with van der Waals surface area (Å²) in [6.45, 7) is 4.62. The molecule has 0 radical (unpaired) electrons. The fourth-order valence-electron chi connectivity index (χ4n) is 4.05. The van der Waals surface area contributed by atoms with Gasteiger partial charge < -0.3 is 14.9 Å². The van der Waals surface area contributed by atoms with Gasteiger partial charge >= 0.3 is 0 Å². The zero-order valence-corrected chi connectivity index (χ0v) is 15.6. The fraction of sp³-hybridized carbons (Fsp3) is 0.684. The number of aromatic nitrogens is 1. The van der Waals surface area contributed by atoms with Crippen LogP contribution in [0.4, 0.5) is 5.82 Å². The van der Waals surface area contributed by atoms with E-state index in [1.54, 1.807) is 6.92 Å². The fourth-order valence-corrected chi connectivity index (χ4v) is 4.05. The summed E-state index contributed by atoms with van der Waals surface area (Å²) in [6, 6.07) is 4.60. The normalized spacial score (nSPS) is 23.7. The molecule has 6 nitrogen and oxygen atoms in total. The summed E-state index contributed by atoms with van der Waals surface area (Å²) in [4.78, 5) is 22.2. The second kappa shape index (κ2) is 7.30. The molecular formula is C19H30N4O2. The highest BCUT2D eigenvalue weighted by Crippen LogP contribution is 2.35. The Balaban J connectivity index is 1.68. The van der Waals surface area contributed by atoms with Gasteiger partial charge in [-0.15, -0.1) is 0 Å². The highest BCUT2D eigenvalue weighted by Gasteiger charge is 2.38. The van der Waals surface area contributed by atoms with Crippen LogP contribution in [0.3, 0.4) is 0 Å². The summed E-state index contributed by atoms with van der Waals surface area (Å²) < 4.78 is 0. The first-order valence-electron chi connectivity index (χ1n) is 9.23. The van der Waals surface area contributed by atoms with E-state index in [0.717, 1.165) is 25.2 Å². The van der Waals surface area contributed by atoms with Gasteiger partial charge in [0.15, 0.2) is 0 Å². The van der Waals surface area contributed by atoms with Crippen LogP contribution in [0.1, 0.15) is 44.2 Å². The van der Waals surface area contributed by atoms with Gasteiger partial charge in [0.25, 0.3) is 0 Å². The van der Waals surface area contributed by atoms with E-state index < -0.39 is 5.60 Å². The Kier molecular flexibility index (Phi) is 5.29. The number of carbonyl (C=O) groups excluding carboxylic acids is 1. The highest BCUT2D eigenvalue weighted by molar-refractivity contribution is 5.73. The average molecular weight is 346 g/mol. The van der Waals surface area contributed by atoms with Crippen LogP contribution in [0, 0.1) is 0 Å². The molecule has 138 valence electrons. The molecule has 0 aliphatic carbocycles. The number of β-amino-alcohol motifs (C(OH)–C–C–N with tert-alkyl or cyclic N) is 1. The standard InChI is InChI=1S/C19H30N4O2/c1-15(24)22-11-7-19(25,8-12-22)14-23-10-4-5-17(23)16-6-9-20-18(13-16)21(2)3/h6,9,13,17,25H,4-5,7-8,10-12,14H2,1-3H3. The van der Waals surface area contributed by atoms with Gasteiger partial charge in [0, 0.05) is 52.9 Å². The minimum atomic E-state index is -0.689. The first-order chi connectivity index (χ1) is 11.9. The van der Waals surface area contributed by atoms with Gasteiger partial charge in [-0.3, -0.25) is 9.69 Å². The number of nitrogens with zero attached hydrogens (tertiary/aromatic N) is 4. The van der Waals surface area contributed by atoms with Crippen LogP contribution in [0.25, 0.3) is 0 Å². The monoisotopic (exact) mass is 346 g/mol. The summed E-state index contributed by atoms with van der Waals surface area (Å²) in [7, 11) is 4.01. The maximum absolute atomic E-state index is 11.5. The minimum absolute atomic E-state index is 0.106. The van der Waals surface area contributed by atoms with Crippen LogP contribution in [-0.2, 0) is 4.79 Å². The lowest BCUT2D eigenvalue weighted by Gasteiger charge is -2.41. The maximum atomic E-state index is 11.5. The van der Waals surface area contributed by atoms with Gasteiger partial charge in [-0.05, 0) is 49.9 Å². The predicted octanol–water partition coefficient (Wildman–Crippen LogP) is 1.66.